The summed E-state index contributed by atoms with van der Waals surface area (Å²) in [6.45, 7) is 11.7. The second kappa shape index (κ2) is 10.9. The quantitative estimate of drug-likeness (QED) is 0.280. The van der Waals surface area contributed by atoms with Gasteiger partial charge in [0.1, 0.15) is 18.0 Å². The van der Waals surface area contributed by atoms with Crippen LogP contribution < -0.4 is 9.46 Å². The maximum atomic E-state index is 13.0. The van der Waals surface area contributed by atoms with Crippen molar-refractivity contribution in [1.29, 1.82) is 0 Å². The van der Waals surface area contributed by atoms with Crippen LogP contribution in [0.3, 0.4) is 0 Å². The van der Waals surface area contributed by atoms with E-state index in [4.69, 9.17) is 14.5 Å². The molecule has 1 aromatic carbocycles. The van der Waals surface area contributed by atoms with Crippen LogP contribution in [0.5, 0.6) is 5.88 Å². The molecule has 0 bridgehead atoms. The summed E-state index contributed by atoms with van der Waals surface area (Å²) in [4.78, 5) is 5.08. The van der Waals surface area contributed by atoms with Gasteiger partial charge in [-0.05, 0) is 79.3 Å². The number of nitrogens with one attached hydrogen (secondary N) is 1. The lowest BCUT2D eigenvalue weighted by molar-refractivity contribution is 0.0271. The zero-order valence-corrected chi connectivity index (χ0v) is 25.0. The van der Waals surface area contributed by atoms with Crippen molar-refractivity contribution in [2.24, 2.45) is 0 Å². The van der Waals surface area contributed by atoms with Crippen LogP contribution in [0.1, 0.15) is 38.0 Å². The third-order valence-electron chi connectivity index (χ3n) is 6.57. The van der Waals surface area contributed by atoms with Crippen LogP contribution >= 0.6 is 15.9 Å². The van der Waals surface area contributed by atoms with Gasteiger partial charge in [-0.1, -0.05) is 37.3 Å². The highest BCUT2D eigenvalue weighted by Gasteiger charge is 2.34. The van der Waals surface area contributed by atoms with Gasteiger partial charge in [-0.15, -0.1) is 0 Å². The molecular formula is C26H36BrN3O4SSi. The van der Waals surface area contributed by atoms with Crippen molar-refractivity contribution < 1.29 is 17.9 Å². The van der Waals surface area contributed by atoms with E-state index in [0.29, 0.717) is 12.3 Å². The van der Waals surface area contributed by atoms with Crippen molar-refractivity contribution in [2.75, 3.05) is 6.61 Å². The average Bonchev–Trinajstić information content (AvgIpc) is 3.39. The molecule has 1 aliphatic carbocycles. The van der Waals surface area contributed by atoms with E-state index in [0.717, 1.165) is 46.6 Å². The number of fused-ring (bicyclic) bond motifs is 1. The van der Waals surface area contributed by atoms with Crippen molar-refractivity contribution in [3.8, 4) is 5.88 Å². The summed E-state index contributed by atoms with van der Waals surface area (Å²) in [7, 11) is -4.81. The molecule has 0 saturated heterocycles. The van der Waals surface area contributed by atoms with Crippen LogP contribution in [0.2, 0.25) is 25.7 Å². The predicted molar refractivity (Wildman–Crippen MR) is 150 cm³/mol. The molecule has 1 aliphatic rings. The molecule has 0 aliphatic heterocycles. The van der Waals surface area contributed by atoms with E-state index in [2.05, 4.69) is 40.3 Å². The maximum absolute atomic E-state index is 13.0. The topological polar surface area (TPSA) is 82.5 Å². The zero-order valence-electron chi connectivity index (χ0n) is 21.6. The molecule has 3 aromatic rings. The Bertz CT molecular complexity index is 1310. The lowest BCUT2D eigenvalue weighted by Crippen LogP contribution is -2.42. The largest absolute Gasteiger partial charge is 0.472 e. The number of aryl methyl sites for hydroxylation is 1. The number of pyridine rings is 1. The lowest BCUT2D eigenvalue weighted by Gasteiger charge is -2.23. The molecule has 0 spiro atoms. The molecule has 2 aromatic heterocycles. The van der Waals surface area contributed by atoms with Gasteiger partial charge in [0.15, 0.2) is 0 Å². The Morgan fingerprint density at radius 3 is 2.61 bits per heavy atom. The highest BCUT2D eigenvalue weighted by atomic mass is 79.9. The molecule has 1 N–H and O–H groups in total. The van der Waals surface area contributed by atoms with Crippen molar-refractivity contribution in [3.05, 3.63) is 52.6 Å². The van der Waals surface area contributed by atoms with E-state index >= 15 is 0 Å². The van der Waals surface area contributed by atoms with Crippen molar-refractivity contribution in [2.45, 2.75) is 82.1 Å². The Balaban J connectivity index is 1.50. The van der Waals surface area contributed by atoms with Gasteiger partial charge in [-0.3, -0.25) is 0 Å². The summed E-state index contributed by atoms with van der Waals surface area (Å²) in [5, 5.41) is 0.984. The second-order valence-corrected chi connectivity index (χ2v) is 19.0. The third-order valence-corrected chi connectivity index (χ3v) is 10.3. The van der Waals surface area contributed by atoms with E-state index in [1.165, 1.54) is 0 Å². The molecular weight excluding hydrogens is 558 g/mol. The summed E-state index contributed by atoms with van der Waals surface area (Å²) in [6.07, 6.45) is 3.88. The molecule has 196 valence electrons. The molecule has 1 saturated carbocycles. The Morgan fingerprint density at radius 2 is 1.92 bits per heavy atom. The van der Waals surface area contributed by atoms with Crippen LogP contribution in [-0.4, -0.2) is 44.8 Å². The smallest absolute Gasteiger partial charge is 0.240 e. The fraction of sp³-hybridized carbons (Fsp3) is 0.500. The minimum absolute atomic E-state index is 0.152. The summed E-state index contributed by atoms with van der Waals surface area (Å²) < 4.78 is 44.0. The number of hydrogen-bond donors (Lipinski definition) is 1. The van der Waals surface area contributed by atoms with Crippen LogP contribution in [0, 0.1) is 6.92 Å². The summed E-state index contributed by atoms with van der Waals surface area (Å²) in [5.41, 5.74) is 1.80. The number of hydrogen-bond acceptors (Lipinski definition) is 5. The number of nitrogens with zero attached hydrogens (tertiary/aromatic N) is 2. The molecule has 1 fully saturated rings. The third kappa shape index (κ3) is 6.58. The molecule has 10 heteroatoms. The van der Waals surface area contributed by atoms with E-state index in [9.17, 15) is 8.42 Å². The van der Waals surface area contributed by atoms with Crippen LogP contribution in [-0.2, 0) is 14.8 Å². The van der Waals surface area contributed by atoms with Gasteiger partial charge >= 0.3 is 0 Å². The van der Waals surface area contributed by atoms with Gasteiger partial charge in [-0.2, -0.15) is 4.98 Å². The predicted octanol–water partition coefficient (Wildman–Crippen LogP) is 6.26. The highest BCUT2D eigenvalue weighted by Crippen LogP contribution is 2.33. The molecule has 2 heterocycles. The first-order valence-corrected chi connectivity index (χ1v) is 18.5. The van der Waals surface area contributed by atoms with Crippen molar-refractivity contribution in [1.82, 2.24) is 14.3 Å². The van der Waals surface area contributed by atoms with Gasteiger partial charge in [-0.25, -0.2) is 13.1 Å². The first-order chi connectivity index (χ1) is 16.9. The number of sulfonamides is 1. The minimum atomic E-state index is -3.64. The number of halogens is 1. The summed E-state index contributed by atoms with van der Waals surface area (Å²) in [6, 6.07) is 11.7. The molecule has 3 unspecified atom stereocenters. The standard InChI is InChI=1S/C26H36BrN3O4SSi/c1-18-9-11-21(12-10-18)35(31,32)29-23-7-6-8-24(23)34-26-22(27)17-20-13-14-30(25(20)28-26)19(2)33-15-16-36(3,4)5/h9-14,17,19,23-24,29H,6-8,15-16H2,1-5H3. The second-order valence-electron chi connectivity index (χ2n) is 10.8. The molecule has 4 rings (SSSR count). The van der Waals surface area contributed by atoms with Crippen LogP contribution in [0.15, 0.2) is 52.0 Å². The monoisotopic (exact) mass is 593 g/mol. The Morgan fingerprint density at radius 1 is 1.19 bits per heavy atom. The van der Waals surface area contributed by atoms with Crippen LogP contribution in [0.4, 0.5) is 0 Å². The average molecular weight is 595 g/mol. The van der Waals surface area contributed by atoms with E-state index in [-0.39, 0.29) is 23.3 Å². The van der Waals surface area contributed by atoms with Gasteiger partial charge in [0.05, 0.1) is 15.4 Å². The zero-order chi connectivity index (χ0) is 26.1. The van der Waals surface area contributed by atoms with E-state index in [1.54, 1.807) is 24.3 Å². The summed E-state index contributed by atoms with van der Waals surface area (Å²) in [5.74, 6) is 0.461. The maximum Gasteiger partial charge on any atom is 0.240 e. The van der Waals surface area contributed by atoms with Gasteiger partial charge < -0.3 is 14.0 Å². The van der Waals surface area contributed by atoms with Crippen molar-refractivity contribution in [3.63, 3.8) is 0 Å². The molecule has 0 amide bonds. The first kappa shape index (κ1) is 27.3. The van der Waals surface area contributed by atoms with Gasteiger partial charge in [0.25, 0.3) is 0 Å². The van der Waals surface area contributed by atoms with Crippen LogP contribution in [0.25, 0.3) is 11.0 Å². The molecule has 7 nitrogen and oxygen atoms in total. The summed E-state index contributed by atoms with van der Waals surface area (Å²) >= 11 is 3.60. The normalized spacial score (nSPS) is 19.6. The number of rotatable bonds is 10. The van der Waals surface area contributed by atoms with Crippen molar-refractivity contribution >= 4 is 45.1 Å². The number of ether oxygens (including phenoxy) is 2. The molecule has 0 radical (unpaired) electrons. The Kier molecular flexibility index (Phi) is 8.31. The fourth-order valence-corrected chi connectivity index (χ4v) is 6.82. The molecule has 3 atom stereocenters. The number of benzene rings is 1. The van der Waals surface area contributed by atoms with E-state index < -0.39 is 18.1 Å². The first-order valence-electron chi connectivity index (χ1n) is 12.5. The fourth-order valence-electron chi connectivity index (χ4n) is 4.36. The minimum Gasteiger partial charge on any atom is -0.472 e. The molecule has 36 heavy (non-hydrogen) atoms. The Hall–Kier alpha value is -1.72. The van der Waals surface area contributed by atoms with Gasteiger partial charge in [0, 0.05) is 26.3 Å². The van der Waals surface area contributed by atoms with E-state index in [1.807, 2.05) is 36.7 Å². The van der Waals surface area contributed by atoms with Gasteiger partial charge in [0.2, 0.25) is 15.9 Å². The highest BCUT2D eigenvalue weighted by molar-refractivity contribution is 9.10. The lowest BCUT2D eigenvalue weighted by atomic mass is 10.2. The number of aromatic nitrogens is 2. The Labute approximate surface area is 223 Å². The SMILES string of the molecule is Cc1ccc(S(=O)(=O)NC2CCCC2Oc2nc3c(ccn3C(C)OCC[Si](C)(C)C)cc2Br)cc1.